The second kappa shape index (κ2) is 8.36. The van der Waals surface area contributed by atoms with Gasteiger partial charge in [0, 0.05) is 13.6 Å². The Hall–Kier alpha value is -2.53. The predicted molar refractivity (Wildman–Crippen MR) is 95.0 cm³/mol. The third kappa shape index (κ3) is 4.49. The lowest BCUT2D eigenvalue weighted by atomic mass is 10.0. The molecule has 24 heavy (non-hydrogen) atoms. The number of benzene rings is 2. The van der Waals surface area contributed by atoms with E-state index >= 15 is 0 Å². The van der Waals surface area contributed by atoms with E-state index in [4.69, 9.17) is 9.84 Å². The minimum Gasteiger partial charge on any atom is -0.497 e. The number of hydrogen-bond donors (Lipinski definition) is 2. The highest BCUT2D eigenvalue weighted by Gasteiger charge is 2.14. The van der Waals surface area contributed by atoms with Crippen LogP contribution in [0.2, 0.25) is 0 Å². The van der Waals surface area contributed by atoms with Crippen LogP contribution in [-0.4, -0.2) is 42.8 Å². The number of carbonyl (C=O) groups excluding carboxylic acids is 1. The monoisotopic (exact) mass is 328 g/mol. The highest BCUT2D eigenvalue weighted by atomic mass is 16.5. The second-order valence-electron chi connectivity index (χ2n) is 5.73. The van der Waals surface area contributed by atoms with Crippen LogP contribution >= 0.6 is 0 Å². The summed E-state index contributed by atoms with van der Waals surface area (Å²) in [4.78, 5) is 13.5. The number of aliphatic hydroxyl groups excluding tert-OH is 1. The molecule has 2 amide bonds. The van der Waals surface area contributed by atoms with Crippen LogP contribution in [0.5, 0.6) is 5.75 Å². The van der Waals surface area contributed by atoms with Crippen molar-refractivity contribution in [1.82, 2.24) is 10.2 Å². The maximum atomic E-state index is 12.0. The van der Waals surface area contributed by atoms with Crippen LogP contribution in [0.4, 0.5) is 4.79 Å². The van der Waals surface area contributed by atoms with E-state index in [1.807, 2.05) is 48.5 Å². The van der Waals surface area contributed by atoms with Gasteiger partial charge in [-0.1, -0.05) is 36.4 Å². The number of nitrogens with one attached hydrogen (secondary N) is 1. The summed E-state index contributed by atoms with van der Waals surface area (Å²) in [5.74, 6) is 0.824. The number of urea groups is 1. The number of likely N-dealkylation sites (N-methyl/N-ethyl adjacent to an activating group) is 1. The molecule has 0 heterocycles. The van der Waals surface area contributed by atoms with Gasteiger partial charge in [0.1, 0.15) is 5.75 Å². The first-order valence-corrected chi connectivity index (χ1v) is 7.90. The molecule has 0 spiro atoms. The summed E-state index contributed by atoms with van der Waals surface area (Å²) in [6, 6.07) is 15.5. The topological polar surface area (TPSA) is 61.8 Å². The molecule has 5 heteroatoms. The number of amides is 2. The Kier molecular flexibility index (Phi) is 6.21. The lowest BCUT2D eigenvalue weighted by Gasteiger charge is -2.23. The largest absolute Gasteiger partial charge is 0.497 e. The zero-order valence-electron chi connectivity index (χ0n) is 14.3. The molecule has 0 aliphatic rings. The molecule has 0 bridgehead atoms. The van der Waals surface area contributed by atoms with E-state index in [0.717, 1.165) is 22.4 Å². The Balaban J connectivity index is 1.98. The third-order valence-corrected chi connectivity index (χ3v) is 4.05. The Morgan fingerprint density at radius 2 is 1.92 bits per heavy atom. The molecule has 1 atom stereocenters. The van der Waals surface area contributed by atoms with Crippen molar-refractivity contribution < 1.29 is 14.6 Å². The number of nitrogens with zero attached hydrogens (tertiary/aromatic N) is 1. The normalized spacial score (nSPS) is 11.7. The fraction of sp³-hybridized carbons (Fsp3) is 0.316. The van der Waals surface area contributed by atoms with Crippen LogP contribution in [0.3, 0.4) is 0 Å². The quantitative estimate of drug-likeness (QED) is 0.857. The molecule has 0 unspecified atom stereocenters. The molecule has 0 aliphatic carbocycles. The molecule has 2 aromatic rings. The minimum absolute atomic E-state index is 0.0564. The molecule has 0 saturated heterocycles. The Morgan fingerprint density at radius 3 is 2.54 bits per heavy atom. The van der Waals surface area contributed by atoms with E-state index in [0.29, 0.717) is 6.54 Å². The molecule has 128 valence electrons. The summed E-state index contributed by atoms with van der Waals surface area (Å²) in [5.41, 5.74) is 3.19. The summed E-state index contributed by atoms with van der Waals surface area (Å²) < 4.78 is 5.25. The van der Waals surface area contributed by atoms with Crippen LogP contribution in [0, 0.1) is 0 Å². The van der Waals surface area contributed by atoms with Crippen molar-refractivity contribution in [1.29, 1.82) is 0 Å². The van der Waals surface area contributed by atoms with Crippen LogP contribution < -0.4 is 10.1 Å². The first-order chi connectivity index (χ1) is 11.5. The zero-order valence-corrected chi connectivity index (χ0v) is 14.3. The molecule has 0 aromatic heterocycles. The molecule has 0 saturated carbocycles. The summed E-state index contributed by atoms with van der Waals surface area (Å²) in [5, 5.41) is 11.9. The van der Waals surface area contributed by atoms with Gasteiger partial charge in [0.2, 0.25) is 0 Å². The first kappa shape index (κ1) is 17.8. The minimum atomic E-state index is -0.208. The number of rotatable bonds is 6. The van der Waals surface area contributed by atoms with Gasteiger partial charge >= 0.3 is 6.03 Å². The predicted octanol–water partition coefficient (Wildman–Crippen LogP) is 2.88. The fourth-order valence-corrected chi connectivity index (χ4v) is 2.24. The van der Waals surface area contributed by atoms with Crippen LogP contribution in [0.25, 0.3) is 11.1 Å². The molecule has 2 N–H and O–H groups in total. The average molecular weight is 328 g/mol. The molecular weight excluding hydrogens is 304 g/mol. The highest BCUT2D eigenvalue weighted by molar-refractivity contribution is 5.74. The smallest absolute Gasteiger partial charge is 0.317 e. The van der Waals surface area contributed by atoms with Crippen molar-refractivity contribution in [2.45, 2.75) is 19.5 Å². The van der Waals surface area contributed by atoms with Crippen molar-refractivity contribution in [3.63, 3.8) is 0 Å². The van der Waals surface area contributed by atoms with Crippen molar-refractivity contribution in [3.8, 4) is 16.9 Å². The van der Waals surface area contributed by atoms with Crippen molar-refractivity contribution in [2.75, 3.05) is 20.8 Å². The van der Waals surface area contributed by atoms with E-state index in [-0.39, 0.29) is 18.7 Å². The summed E-state index contributed by atoms with van der Waals surface area (Å²) in [7, 11) is 3.32. The Labute approximate surface area is 142 Å². The molecule has 2 rings (SSSR count). The molecule has 0 radical (unpaired) electrons. The van der Waals surface area contributed by atoms with E-state index < -0.39 is 0 Å². The number of hydrogen-bond acceptors (Lipinski definition) is 3. The van der Waals surface area contributed by atoms with Crippen LogP contribution in [0.15, 0.2) is 48.5 Å². The van der Waals surface area contributed by atoms with Gasteiger partial charge in [-0.05, 0) is 35.7 Å². The molecule has 0 aliphatic heterocycles. The third-order valence-electron chi connectivity index (χ3n) is 4.05. The standard InChI is InChI=1S/C19H24N2O3/c1-14(13-22)21(2)19(23)20-12-15-7-9-16(10-8-15)17-5-4-6-18(11-17)24-3/h4-11,14,22H,12-13H2,1-3H3,(H,20,23)/t14-/m1/s1. The van der Waals surface area contributed by atoms with Gasteiger partial charge < -0.3 is 20.1 Å². The highest BCUT2D eigenvalue weighted by Crippen LogP contribution is 2.24. The van der Waals surface area contributed by atoms with E-state index in [9.17, 15) is 4.79 Å². The molecule has 2 aromatic carbocycles. The van der Waals surface area contributed by atoms with Gasteiger partial charge in [-0.15, -0.1) is 0 Å². The Morgan fingerprint density at radius 1 is 1.21 bits per heavy atom. The summed E-state index contributed by atoms with van der Waals surface area (Å²) >= 11 is 0. The molecular formula is C19H24N2O3. The number of ether oxygens (including phenoxy) is 1. The van der Waals surface area contributed by atoms with Crippen LogP contribution in [-0.2, 0) is 6.54 Å². The second-order valence-corrected chi connectivity index (χ2v) is 5.73. The van der Waals surface area contributed by atoms with Gasteiger partial charge in [-0.25, -0.2) is 4.79 Å². The number of aliphatic hydroxyl groups is 1. The molecule has 5 nitrogen and oxygen atoms in total. The van der Waals surface area contributed by atoms with Gasteiger partial charge in [0.05, 0.1) is 19.8 Å². The molecule has 0 fully saturated rings. The van der Waals surface area contributed by atoms with Gasteiger partial charge in [0.25, 0.3) is 0 Å². The SMILES string of the molecule is COc1cccc(-c2ccc(CNC(=O)N(C)[C@H](C)CO)cc2)c1. The van der Waals surface area contributed by atoms with E-state index in [1.165, 1.54) is 4.90 Å². The van der Waals surface area contributed by atoms with Gasteiger partial charge in [-0.3, -0.25) is 0 Å². The number of carbonyl (C=O) groups is 1. The first-order valence-electron chi connectivity index (χ1n) is 7.90. The fourth-order valence-electron chi connectivity index (χ4n) is 2.24. The zero-order chi connectivity index (χ0) is 17.5. The average Bonchev–Trinajstić information content (AvgIpc) is 2.65. The summed E-state index contributed by atoms with van der Waals surface area (Å²) in [6.45, 7) is 2.18. The van der Waals surface area contributed by atoms with Gasteiger partial charge in [-0.2, -0.15) is 0 Å². The van der Waals surface area contributed by atoms with E-state index in [2.05, 4.69) is 5.32 Å². The maximum Gasteiger partial charge on any atom is 0.317 e. The number of methoxy groups -OCH3 is 1. The van der Waals surface area contributed by atoms with Crippen molar-refractivity contribution >= 4 is 6.03 Å². The van der Waals surface area contributed by atoms with Crippen molar-refractivity contribution in [3.05, 3.63) is 54.1 Å². The maximum absolute atomic E-state index is 12.0. The summed E-state index contributed by atoms with van der Waals surface area (Å²) in [6.07, 6.45) is 0. The lowest BCUT2D eigenvalue weighted by Crippen LogP contribution is -2.43. The van der Waals surface area contributed by atoms with E-state index in [1.54, 1.807) is 21.1 Å². The Bertz CT molecular complexity index is 671. The van der Waals surface area contributed by atoms with Crippen LogP contribution in [0.1, 0.15) is 12.5 Å². The van der Waals surface area contributed by atoms with Crippen molar-refractivity contribution in [2.24, 2.45) is 0 Å². The van der Waals surface area contributed by atoms with Gasteiger partial charge in [0.15, 0.2) is 0 Å². The lowest BCUT2D eigenvalue weighted by molar-refractivity contribution is 0.157.